The van der Waals surface area contributed by atoms with Crippen molar-refractivity contribution in [1.29, 1.82) is 0 Å². The summed E-state index contributed by atoms with van der Waals surface area (Å²) in [6.07, 6.45) is 3.23. The molecule has 0 unspecified atom stereocenters. The average Bonchev–Trinajstić information content (AvgIpc) is 3.15. The van der Waals surface area contributed by atoms with Gasteiger partial charge in [-0.2, -0.15) is 0 Å². The summed E-state index contributed by atoms with van der Waals surface area (Å²) in [6.45, 7) is 6.45. The van der Waals surface area contributed by atoms with Crippen LogP contribution in [0.4, 0.5) is 0 Å². The van der Waals surface area contributed by atoms with Crippen LogP contribution in [-0.2, 0) is 5.60 Å². The molecule has 0 radical (unpaired) electrons. The van der Waals surface area contributed by atoms with Crippen molar-refractivity contribution in [2.24, 2.45) is 5.92 Å². The van der Waals surface area contributed by atoms with E-state index in [4.69, 9.17) is 0 Å². The van der Waals surface area contributed by atoms with Crippen LogP contribution in [-0.4, -0.2) is 27.5 Å². The maximum atomic E-state index is 12.0. The van der Waals surface area contributed by atoms with Crippen molar-refractivity contribution >= 4 is 16.7 Å². The molecule has 3 rings (SSSR count). The van der Waals surface area contributed by atoms with Gasteiger partial charge in [-0.3, -0.25) is 4.79 Å². The number of carbonyl (C=O) groups is 1. The number of carbonyl (C=O) groups excluding carboxylic acids is 1. The lowest BCUT2D eigenvalue weighted by molar-refractivity contribution is 0.0280. The Morgan fingerprint density at radius 2 is 1.96 bits per heavy atom. The smallest absolute Gasteiger partial charge is 0.251 e. The summed E-state index contributed by atoms with van der Waals surface area (Å²) in [5.41, 5.74) is 0.948. The van der Waals surface area contributed by atoms with Crippen LogP contribution in [0.5, 0.6) is 0 Å². The Bertz CT molecular complexity index is 887. The first kappa shape index (κ1) is 17.2. The standard InChI is InChI=1S/C20H23N3O2/c1-4-22-19(24)16-6-5-15-10-17(8-7-14(15)9-16)20(25,13(2)3)18-11-21-12-23-18/h5-13,25H,4H2,1-3H3,(H,21,23)(H,22,24)/t20-/m0/s1. The van der Waals surface area contributed by atoms with Crippen molar-refractivity contribution < 1.29 is 9.90 Å². The quantitative estimate of drug-likeness (QED) is 0.669. The third-order valence-electron chi connectivity index (χ3n) is 4.62. The summed E-state index contributed by atoms with van der Waals surface area (Å²) in [7, 11) is 0. The number of aromatic amines is 1. The van der Waals surface area contributed by atoms with E-state index in [0.29, 0.717) is 17.8 Å². The largest absolute Gasteiger partial charge is 0.379 e. The van der Waals surface area contributed by atoms with Crippen LogP contribution in [0.25, 0.3) is 10.8 Å². The zero-order valence-corrected chi connectivity index (χ0v) is 14.7. The van der Waals surface area contributed by atoms with E-state index < -0.39 is 5.60 Å². The molecule has 5 heteroatoms. The molecule has 0 aliphatic rings. The highest BCUT2D eigenvalue weighted by atomic mass is 16.3. The minimum absolute atomic E-state index is 0.0417. The molecule has 0 bridgehead atoms. The molecule has 0 fully saturated rings. The van der Waals surface area contributed by atoms with Crippen molar-refractivity contribution in [3.05, 3.63) is 65.7 Å². The number of fused-ring (bicyclic) bond motifs is 1. The van der Waals surface area contributed by atoms with Gasteiger partial charge in [0.2, 0.25) is 0 Å². The minimum Gasteiger partial charge on any atom is -0.379 e. The van der Waals surface area contributed by atoms with E-state index in [9.17, 15) is 9.90 Å². The number of amides is 1. The van der Waals surface area contributed by atoms with E-state index in [1.54, 1.807) is 12.5 Å². The molecule has 3 N–H and O–H groups in total. The van der Waals surface area contributed by atoms with Crippen LogP contribution in [0, 0.1) is 5.92 Å². The second-order valence-electron chi connectivity index (χ2n) is 6.52. The maximum absolute atomic E-state index is 12.0. The summed E-state index contributed by atoms with van der Waals surface area (Å²) in [5, 5.41) is 16.1. The number of imidazole rings is 1. The molecule has 0 aliphatic heterocycles. The zero-order valence-electron chi connectivity index (χ0n) is 14.7. The van der Waals surface area contributed by atoms with Crippen molar-refractivity contribution in [1.82, 2.24) is 15.3 Å². The number of nitrogens with zero attached hydrogens (tertiary/aromatic N) is 1. The monoisotopic (exact) mass is 337 g/mol. The van der Waals surface area contributed by atoms with E-state index in [-0.39, 0.29) is 11.8 Å². The Balaban J connectivity index is 2.06. The highest BCUT2D eigenvalue weighted by Gasteiger charge is 2.36. The first-order valence-electron chi connectivity index (χ1n) is 8.50. The van der Waals surface area contributed by atoms with Gasteiger partial charge in [0, 0.05) is 12.1 Å². The third-order valence-corrected chi connectivity index (χ3v) is 4.62. The van der Waals surface area contributed by atoms with Crippen LogP contribution in [0.3, 0.4) is 0 Å². The molecule has 3 aromatic rings. The normalized spacial score (nSPS) is 13.8. The van der Waals surface area contributed by atoms with E-state index in [2.05, 4.69) is 15.3 Å². The topological polar surface area (TPSA) is 78.0 Å². The fourth-order valence-corrected chi connectivity index (χ4v) is 3.15. The van der Waals surface area contributed by atoms with Gasteiger partial charge in [-0.1, -0.05) is 32.0 Å². The number of hydrogen-bond donors (Lipinski definition) is 3. The highest BCUT2D eigenvalue weighted by molar-refractivity contribution is 5.98. The second kappa shape index (κ2) is 6.69. The molecule has 1 heterocycles. The minimum atomic E-state index is -1.15. The van der Waals surface area contributed by atoms with Crippen LogP contribution < -0.4 is 5.32 Å². The number of nitrogens with one attached hydrogen (secondary N) is 2. The number of rotatable bonds is 5. The predicted octanol–water partition coefficient (Wildman–Crippen LogP) is 3.20. The highest BCUT2D eigenvalue weighted by Crippen LogP contribution is 2.36. The van der Waals surface area contributed by atoms with Gasteiger partial charge in [-0.15, -0.1) is 0 Å². The summed E-state index contributed by atoms with van der Waals surface area (Å²) < 4.78 is 0. The lowest BCUT2D eigenvalue weighted by Crippen LogP contribution is -2.33. The molecule has 130 valence electrons. The number of H-pyrrole nitrogens is 1. The SMILES string of the molecule is CCNC(=O)c1ccc2cc([C@](O)(c3cnc[nH]3)C(C)C)ccc2c1. The van der Waals surface area contributed by atoms with Gasteiger partial charge in [0.25, 0.3) is 5.91 Å². The fraction of sp³-hybridized carbons (Fsp3) is 0.300. The van der Waals surface area contributed by atoms with E-state index in [1.807, 2.05) is 57.2 Å². The van der Waals surface area contributed by atoms with Gasteiger partial charge in [0.15, 0.2) is 0 Å². The van der Waals surface area contributed by atoms with Gasteiger partial charge in [-0.05, 0) is 47.4 Å². The lowest BCUT2D eigenvalue weighted by atomic mass is 9.80. The van der Waals surface area contributed by atoms with Crippen LogP contribution >= 0.6 is 0 Å². The zero-order chi connectivity index (χ0) is 18.0. The molecule has 5 nitrogen and oxygen atoms in total. The first-order valence-corrected chi connectivity index (χ1v) is 8.50. The van der Waals surface area contributed by atoms with E-state index in [0.717, 1.165) is 16.3 Å². The van der Waals surface area contributed by atoms with Crippen molar-refractivity contribution in [3.8, 4) is 0 Å². The third kappa shape index (κ3) is 3.03. The van der Waals surface area contributed by atoms with E-state index in [1.165, 1.54) is 0 Å². The molecule has 0 spiro atoms. The number of aromatic nitrogens is 2. The number of hydrogen-bond acceptors (Lipinski definition) is 3. The lowest BCUT2D eigenvalue weighted by Gasteiger charge is -2.32. The molecular formula is C20H23N3O2. The molecule has 1 aromatic heterocycles. The molecular weight excluding hydrogens is 314 g/mol. The molecule has 0 aliphatic carbocycles. The molecule has 0 saturated carbocycles. The van der Waals surface area contributed by atoms with E-state index >= 15 is 0 Å². The second-order valence-corrected chi connectivity index (χ2v) is 6.52. The number of aliphatic hydroxyl groups is 1. The Hall–Kier alpha value is -2.66. The average molecular weight is 337 g/mol. The molecule has 1 atom stereocenters. The summed E-state index contributed by atoms with van der Waals surface area (Å²) >= 11 is 0. The molecule has 25 heavy (non-hydrogen) atoms. The summed E-state index contributed by atoms with van der Waals surface area (Å²) in [5.74, 6) is -0.121. The predicted molar refractivity (Wildman–Crippen MR) is 98.4 cm³/mol. The van der Waals surface area contributed by atoms with Crippen molar-refractivity contribution in [3.63, 3.8) is 0 Å². The van der Waals surface area contributed by atoms with Gasteiger partial charge in [0.05, 0.1) is 18.2 Å². The van der Waals surface area contributed by atoms with Gasteiger partial charge < -0.3 is 15.4 Å². The Kier molecular flexibility index (Phi) is 4.59. The van der Waals surface area contributed by atoms with Crippen LogP contribution in [0.2, 0.25) is 0 Å². The van der Waals surface area contributed by atoms with Gasteiger partial charge >= 0.3 is 0 Å². The molecule has 2 aromatic carbocycles. The van der Waals surface area contributed by atoms with Crippen molar-refractivity contribution in [2.75, 3.05) is 6.54 Å². The van der Waals surface area contributed by atoms with Gasteiger partial charge in [-0.25, -0.2) is 4.98 Å². The fourth-order valence-electron chi connectivity index (χ4n) is 3.15. The van der Waals surface area contributed by atoms with Crippen LogP contribution in [0.15, 0.2) is 48.9 Å². The molecule has 0 saturated heterocycles. The van der Waals surface area contributed by atoms with Crippen molar-refractivity contribution in [2.45, 2.75) is 26.4 Å². The van der Waals surface area contributed by atoms with Crippen LogP contribution in [0.1, 0.15) is 42.4 Å². The molecule has 1 amide bonds. The Labute approximate surface area is 147 Å². The Morgan fingerprint density at radius 3 is 2.60 bits per heavy atom. The summed E-state index contributed by atoms with van der Waals surface area (Å²) in [4.78, 5) is 19.1. The number of benzene rings is 2. The maximum Gasteiger partial charge on any atom is 0.251 e. The van der Waals surface area contributed by atoms with Gasteiger partial charge in [0.1, 0.15) is 5.60 Å². The Morgan fingerprint density at radius 1 is 1.24 bits per heavy atom. The first-order chi connectivity index (χ1) is 12.0. The summed E-state index contributed by atoms with van der Waals surface area (Å²) in [6, 6.07) is 11.4.